The van der Waals surface area contributed by atoms with Crippen LogP contribution in [0.15, 0.2) is 18.2 Å². The van der Waals surface area contributed by atoms with Crippen molar-refractivity contribution in [1.82, 2.24) is 5.32 Å². The Labute approximate surface area is 126 Å². The van der Waals surface area contributed by atoms with Crippen molar-refractivity contribution in [3.8, 4) is 5.75 Å². The van der Waals surface area contributed by atoms with E-state index >= 15 is 0 Å². The smallest absolute Gasteiger partial charge is 0.334 e. The number of nitrogens with one attached hydrogen (secondary N) is 1. The van der Waals surface area contributed by atoms with E-state index in [0.29, 0.717) is 18.9 Å². The summed E-state index contributed by atoms with van der Waals surface area (Å²) in [6, 6.07) is 5.91. The van der Waals surface area contributed by atoms with E-state index in [1.807, 2.05) is 45.9 Å². The molecule has 1 heterocycles. The maximum Gasteiger partial charge on any atom is 0.334 e. The summed E-state index contributed by atoms with van der Waals surface area (Å²) >= 11 is 0. The Morgan fingerprint density at radius 2 is 2.00 bits per heavy atom. The summed E-state index contributed by atoms with van der Waals surface area (Å²) in [6.07, 6.45) is 0.897. The third-order valence-electron chi connectivity index (χ3n) is 4.41. The Balaban J connectivity index is 2.62. The van der Waals surface area contributed by atoms with E-state index in [1.54, 1.807) is 0 Å². The Morgan fingerprint density at radius 1 is 1.29 bits per heavy atom. The van der Waals surface area contributed by atoms with Gasteiger partial charge in [-0.05, 0) is 39.3 Å². The third kappa shape index (κ3) is 2.36. The molecule has 4 heteroatoms. The van der Waals surface area contributed by atoms with Gasteiger partial charge in [0, 0.05) is 12.2 Å². The Morgan fingerprint density at radius 3 is 2.62 bits per heavy atom. The molecule has 0 spiro atoms. The lowest BCUT2D eigenvalue weighted by Crippen LogP contribution is -2.67. The fourth-order valence-corrected chi connectivity index (χ4v) is 2.95. The average molecular weight is 291 g/mol. The maximum atomic E-state index is 12.6. The van der Waals surface area contributed by atoms with Crippen LogP contribution >= 0.6 is 0 Å². The molecule has 2 unspecified atom stereocenters. The monoisotopic (exact) mass is 291 g/mol. The molecule has 4 nitrogen and oxygen atoms in total. The zero-order chi connectivity index (χ0) is 15.7. The van der Waals surface area contributed by atoms with Crippen LogP contribution in [0.3, 0.4) is 0 Å². The number of benzene rings is 1. The molecule has 21 heavy (non-hydrogen) atoms. The zero-order valence-corrected chi connectivity index (χ0v) is 13.6. The van der Waals surface area contributed by atoms with Gasteiger partial charge in [-0.2, -0.15) is 0 Å². The molecule has 0 saturated heterocycles. The van der Waals surface area contributed by atoms with Crippen molar-refractivity contribution in [2.45, 2.75) is 52.2 Å². The number of fused-ring (bicyclic) bond motifs is 1. The predicted molar refractivity (Wildman–Crippen MR) is 82.5 cm³/mol. The molecule has 0 radical (unpaired) electrons. The molecule has 0 aromatic heterocycles. The van der Waals surface area contributed by atoms with Gasteiger partial charge in [-0.15, -0.1) is 0 Å². The summed E-state index contributed by atoms with van der Waals surface area (Å²) in [5.41, 5.74) is 0.220. The number of aryl methyl sites for hydroxylation is 1. The summed E-state index contributed by atoms with van der Waals surface area (Å²) in [4.78, 5) is 12.6. The predicted octanol–water partition coefficient (Wildman–Crippen LogP) is 2.92. The maximum absolute atomic E-state index is 12.6. The van der Waals surface area contributed by atoms with E-state index < -0.39 is 11.1 Å². The van der Waals surface area contributed by atoms with Crippen LogP contribution in [0.4, 0.5) is 0 Å². The van der Waals surface area contributed by atoms with Gasteiger partial charge in [0.1, 0.15) is 16.9 Å². The van der Waals surface area contributed by atoms with E-state index in [4.69, 9.17) is 9.47 Å². The van der Waals surface area contributed by atoms with Gasteiger partial charge < -0.3 is 9.47 Å². The van der Waals surface area contributed by atoms with Crippen molar-refractivity contribution in [2.24, 2.45) is 0 Å². The largest absolute Gasteiger partial charge is 0.424 e. The van der Waals surface area contributed by atoms with Gasteiger partial charge in [0.05, 0.1) is 0 Å². The van der Waals surface area contributed by atoms with Crippen LogP contribution in [0.1, 0.15) is 45.2 Å². The second-order valence-electron chi connectivity index (χ2n) is 5.88. The molecule has 0 amide bonds. The third-order valence-corrected chi connectivity index (χ3v) is 4.41. The summed E-state index contributed by atoms with van der Waals surface area (Å²) in [5.74, 6) is 0.348. The number of carbonyl (C=O) groups is 1. The van der Waals surface area contributed by atoms with Crippen LogP contribution in [0.25, 0.3) is 0 Å². The van der Waals surface area contributed by atoms with Crippen LogP contribution < -0.4 is 10.1 Å². The first-order valence-corrected chi connectivity index (χ1v) is 7.62. The fraction of sp³-hybridized carbons (Fsp3) is 0.588. The molecule has 1 aliphatic heterocycles. The van der Waals surface area contributed by atoms with Crippen molar-refractivity contribution < 1.29 is 14.3 Å². The number of hydrogen-bond donors (Lipinski definition) is 1. The molecule has 1 aromatic rings. The van der Waals surface area contributed by atoms with Crippen molar-refractivity contribution in [3.05, 3.63) is 29.3 Å². The second kappa shape index (κ2) is 5.78. The topological polar surface area (TPSA) is 47.6 Å². The normalized spacial score (nSPS) is 28.1. The van der Waals surface area contributed by atoms with Crippen LogP contribution in [0.2, 0.25) is 0 Å². The average Bonchev–Trinajstić information content (AvgIpc) is 2.45. The number of para-hydroxylation sites is 1. The van der Waals surface area contributed by atoms with Crippen molar-refractivity contribution in [1.29, 1.82) is 0 Å². The first-order valence-electron chi connectivity index (χ1n) is 7.62. The minimum atomic E-state index is -0.905. The number of ether oxygens (including phenoxy) is 2. The van der Waals surface area contributed by atoms with Gasteiger partial charge in [0.2, 0.25) is 0 Å². The highest BCUT2D eigenvalue weighted by molar-refractivity contribution is 5.87. The van der Waals surface area contributed by atoms with Crippen molar-refractivity contribution in [3.63, 3.8) is 0 Å². The summed E-state index contributed by atoms with van der Waals surface area (Å²) in [7, 11) is 0. The van der Waals surface area contributed by atoms with E-state index in [2.05, 4.69) is 12.2 Å². The molecular formula is C17H25NO3. The van der Waals surface area contributed by atoms with E-state index in [0.717, 1.165) is 17.5 Å². The SMILES string of the molecule is CCCOC1(C)c2cccc(C)c2OC(=O)C1(C)NCC. The van der Waals surface area contributed by atoms with Gasteiger partial charge in [0.25, 0.3) is 0 Å². The standard InChI is InChI=1S/C17H25NO3/c1-6-11-20-17(5)13-10-8-9-12(3)14(13)21-15(19)16(17,4)18-7-2/h8-10,18H,6-7,11H2,1-5H3. The van der Waals surface area contributed by atoms with Crippen LogP contribution in [0, 0.1) is 6.92 Å². The molecule has 2 rings (SSSR count). The number of likely N-dealkylation sites (N-methyl/N-ethyl adjacent to an activating group) is 1. The summed E-state index contributed by atoms with van der Waals surface area (Å²) < 4.78 is 11.8. The van der Waals surface area contributed by atoms with Crippen LogP contribution in [0.5, 0.6) is 5.75 Å². The van der Waals surface area contributed by atoms with Gasteiger partial charge in [0.15, 0.2) is 0 Å². The molecule has 0 bridgehead atoms. The Hall–Kier alpha value is -1.39. The molecule has 1 aliphatic rings. The second-order valence-corrected chi connectivity index (χ2v) is 5.88. The highest BCUT2D eigenvalue weighted by Crippen LogP contribution is 2.47. The lowest BCUT2D eigenvalue weighted by molar-refractivity contribution is -0.168. The van der Waals surface area contributed by atoms with E-state index in [1.165, 1.54) is 0 Å². The number of esters is 1. The molecule has 116 valence electrons. The Bertz CT molecular complexity index is 543. The van der Waals surface area contributed by atoms with Gasteiger partial charge in [-0.25, -0.2) is 4.79 Å². The minimum absolute atomic E-state index is 0.287. The van der Waals surface area contributed by atoms with Crippen molar-refractivity contribution in [2.75, 3.05) is 13.2 Å². The quantitative estimate of drug-likeness (QED) is 0.669. The fourth-order valence-electron chi connectivity index (χ4n) is 2.95. The van der Waals surface area contributed by atoms with E-state index in [9.17, 15) is 4.79 Å². The number of carbonyl (C=O) groups excluding carboxylic acids is 1. The van der Waals surface area contributed by atoms with Gasteiger partial charge in [-0.1, -0.05) is 32.0 Å². The molecule has 1 aromatic carbocycles. The molecule has 1 N–H and O–H groups in total. The first-order chi connectivity index (χ1) is 9.90. The zero-order valence-electron chi connectivity index (χ0n) is 13.6. The minimum Gasteiger partial charge on any atom is -0.424 e. The van der Waals surface area contributed by atoms with Crippen LogP contribution in [-0.4, -0.2) is 24.7 Å². The molecule has 2 atom stereocenters. The summed E-state index contributed by atoms with van der Waals surface area (Å²) in [6.45, 7) is 11.1. The number of hydrogen-bond acceptors (Lipinski definition) is 4. The van der Waals surface area contributed by atoms with Crippen LogP contribution in [-0.2, 0) is 15.1 Å². The molecular weight excluding hydrogens is 266 g/mol. The lowest BCUT2D eigenvalue weighted by atomic mass is 9.74. The first kappa shape index (κ1) is 16.0. The highest BCUT2D eigenvalue weighted by atomic mass is 16.6. The van der Waals surface area contributed by atoms with E-state index in [-0.39, 0.29) is 5.97 Å². The lowest BCUT2D eigenvalue weighted by Gasteiger charge is -2.48. The van der Waals surface area contributed by atoms with Gasteiger partial charge >= 0.3 is 5.97 Å². The number of rotatable bonds is 5. The highest BCUT2D eigenvalue weighted by Gasteiger charge is 2.57. The summed E-state index contributed by atoms with van der Waals surface area (Å²) in [5, 5.41) is 3.27. The molecule has 0 saturated carbocycles. The van der Waals surface area contributed by atoms with Crippen molar-refractivity contribution >= 4 is 5.97 Å². The molecule has 0 aliphatic carbocycles. The van der Waals surface area contributed by atoms with Gasteiger partial charge in [-0.3, -0.25) is 5.32 Å². The molecule has 0 fully saturated rings. The Kier molecular flexibility index (Phi) is 4.40.